The van der Waals surface area contributed by atoms with Crippen molar-refractivity contribution < 1.29 is 5.11 Å². The lowest BCUT2D eigenvalue weighted by molar-refractivity contribution is 0.278. The Morgan fingerprint density at radius 2 is 2.31 bits per heavy atom. The minimum atomic E-state index is 0.109. The highest BCUT2D eigenvalue weighted by molar-refractivity contribution is 6.31. The molecule has 0 bridgehead atoms. The fourth-order valence-electron chi connectivity index (χ4n) is 1.32. The van der Waals surface area contributed by atoms with Gasteiger partial charge in [-0.1, -0.05) is 11.6 Å². The van der Waals surface area contributed by atoms with Crippen molar-refractivity contribution in [3.05, 3.63) is 29.5 Å². The molecule has 0 aliphatic heterocycles. The smallest absolute Gasteiger partial charge is 0.0959 e. The predicted octanol–water partition coefficient (Wildman–Crippen LogP) is 1.68. The van der Waals surface area contributed by atoms with Crippen LogP contribution >= 0.6 is 11.6 Å². The quantitative estimate of drug-likeness (QED) is 0.794. The Morgan fingerprint density at radius 1 is 1.46 bits per heavy atom. The summed E-state index contributed by atoms with van der Waals surface area (Å²) < 4.78 is 1.88. The molecule has 0 atom stereocenters. The van der Waals surface area contributed by atoms with Gasteiger partial charge in [-0.25, -0.2) is 4.98 Å². The van der Waals surface area contributed by atoms with Crippen LogP contribution in [0.3, 0.4) is 0 Å². The van der Waals surface area contributed by atoms with Crippen LogP contribution in [0.4, 0.5) is 0 Å². The van der Waals surface area contributed by atoms with Gasteiger partial charge in [-0.15, -0.1) is 0 Å². The van der Waals surface area contributed by atoms with Crippen LogP contribution in [-0.2, 0) is 6.54 Å². The molecule has 2 rings (SSSR count). The summed E-state index contributed by atoms with van der Waals surface area (Å²) in [5.74, 6) is 0. The van der Waals surface area contributed by atoms with Crippen LogP contribution in [-0.4, -0.2) is 21.3 Å². The van der Waals surface area contributed by atoms with Gasteiger partial charge in [0.25, 0.3) is 0 Å². The minimum absolute atomic E-state index is 0.109. The zero-order chi connectivity index (χ0) is 9.26. The second-order valence-electron chi connectivity index (χ2n) is 2.79. The number of hydrogen-bond acceptors (Lipinski definition) is 2. The Hall–Kier alpha value is -1.06. The van der Waals surface area contributed by atoms with Crippen molar-refractivity contribution in [2.45, 2.75) is 6.54 Å². The largest absolute Gasteiger partial charge is 0.395 e. The Kier molecular flexibility index (Phi) is 2.20. The van der Waals surface area contributed by atoms with Gasteiger partial charge in [0.2, 0.25) is 0 Å². The second-order valence-corrected chi connectivity index (χ2v) is 3.23. The van der Waals surface area contributed by atoms with E-state index < -0.39 is 0 Å². The summed E-state index contributed by atoms with van der Waals surface area (Å²) in [5, 5.41) is 9.47. The zero-order valence-corrected chi connectivity index (χ0v) is 7.70. The van der Waals surface area contributed by atoms with Crippen LogP contribution in [0.25, 0.3) is 11.0 Å². The lowest BCUT2D eigenvalue weighted by Gasteiger charge is -2.00. The van der Waals surface area contributed by atoms with Gasteiger partial charge in [-0.05, 0) is 18.2 Å². The van der Waals surface area contributed by atoms with Crippen molar-refractivity contribution >= 4 is 22.6 Å². The number of benzene rings is 1. The Labute approximate surface area is 80.6 Å². The number of hydrogen-bond donors (Lipinski definition) is 1. The van der Waals surface area contributed by atoms with Gasteiger partial charge in [0.1, 0.15) is 0 Å². The van der Waals surface area contributed by atoms with Crippen molar-refractivity contribution in [3.63, 3.8) is 0 Å². The van der Waals surface area contributed by atoms with Gasteiger partial charge in [-0.3, -0.25) is 0 Å². The van der Waals surface area contributed by atoms with Crippen molar-refractivity contribution in [2.24, 2.45) is 0 Å². The summed E-state index contributed by atoms with van der Waals surface area (Å²) in [7, 11) is 0. The standard InChI is InChI=1S/C9H9ClN2O/c10-7-1-2-8-9(5-7)12(3-4-13)6-11-8/h1-2,5-6,13H,3-4H2. The van der Waals surface area contributed by atoms with E-state index >= 15 is 0 Å². The maximum absolute atomic E-state index is 8.79. The van der Waals surface area contributed by atoms with E-state index in [1.807, 2.05) is 16.7 Å². The summed E-state index contributed by atoms with van der Waals surface area (Å²) in [4.78, 5) is 4.17. The average molecular weight is 197 g/mol. The van der Waals surface area contributed by atoms with Gasteiger partial charge in [-0.2, -0.15) is 0 Å². The van der Waals surface area contributed by atoms with Crippen LogP contribution in [0, 0.1) is 0 Å². The molecule has 1 heterocycles. The molecule has 0 unspecified atom stereocenters. The van der Waals surface area contributed by atoms with Crippen LogP contribution < -0.4 is 0 Å². The molecule has 68 valence electrons. The number of nitrogens with zero attached hydrogens (tertiary/aromatic N) is 2. The molecule has 0 amide bonds. The van der Waals surface area contributed by atoms with Gasteiger partial charge >= 0.3 is 0 Å². The molecule has 4 heteroatoms. The summed E-state index contributed by atoms with van der Waals surface area (Å²) in [6, 6.07) is 5.52. The Balaban J connectivity index is 2.58. The molecule has 2 aromatic rings. The van der Waals surface area contributed by atoms with Gasteiger partial charge in [0.05, 0.1) is 24.0 Å². The summed E-state index contributed by atoms with van der Waals surface area (Å²) in [5.41, 5.74) is 1.86. The van der Waals surface area contributed by atoms with Crippen LogP contribution in [0.2, 0.25) is 5.02 Å². The number of aliphatic hydroxyl groups is 1. The van der Waals surface area contributed by atoms with Crippen LogP contribution in [0.1, 0.15) is 0 Å². The number of imidazole rings is 1. The molecule has 3 nitrogen and oxygen atoms in total. The summed E-state index contributed by atoms with van der Waals surface area (Å²) in [6.07, 6.45) is 1.71. The number of fused-ring (bicyclic) bond motifs is 1. The molecule has 0 aliphatic carbocycles. The first-order chi connectivity index (χ1) is 6.31. The first kappa shape index (κ1) is 8.53. The lowest BCUT2D eigenvalue weighted by atomic mass is 10.3. The van der Waals surface area contributed by atoms with Gasteiger partial charge in [0.15, 0.2) is 0 Å². The third-order valence-corrected chi connectivity index (χ3v) is 2.16. The van der Waals surface area contributed by atoms with E-state index in [0.717, 1.165) is 11.0 Å². The molecule has 0 saturated carbocycles. The summed E-state index contributed by atoms with van der Waals surface area (Å²) >= 11 is 5.84. The molecular weight excluding hydrogens is 188 g/mol. The SMILES string of the molecule is OCCn1cnc2ccc(Cl)cc21. The van der Waals surface area contributed by atoms with Crippen molar-refractivity contribution in [1.29, 1.82) is 0 Å². The molecule has 13 heavy (non-hydrogen) atoms. The van der Waals surface area contributed by atoms with E-state index in [0.29, 0.717) is 11.6 Å². The van der Waals surface area contributed by atoms with Gasteiger partial charge in [0, 0.05) is 11.6 Å². The molecule has 0 radical (unpaired) electrons. The highest BCUT2D eigenvalue weighted by atomic mass is 35.5. The number of halogens is 1. The van der Waals surface area contributed by atoms with Crippen molar-refractivity contribution in [1.82, 2.24) is 9.55 Å². The molecule has 0 fully saturated rings. The second kappa shape index (κ2) is 3.36. The molecule has 0 aliphatic rings. The highest BCUT2D eigenvalue weighted by Crippen LogP contribution is 2.17. The number of rotatable bonds is 2. The van der Waals surface area contributed by atoms with E-state index in [1.165, 1.54) is 0 Å². The normalized spacial score (nSPS) is 10.9. The average Bonchev–Trinajstić information content (AvgIpc) is 2.49. The fraction of sp³-hybridized carbons (Fsp3) is 0.222. The summed E-state index contributed by atoms with van der Waals surface area (Å²) in [6.45, 7) is 0.662. The van der Waals surface area contributed by atoms with Gasteiger partial charge < -0.3 is 9.67 Å². The zero-order valence-electron chi connectivity index (χ0n) is 6.94. The molecule has 1 aromatic heterocycles. The molecular formula is C9H9ClN2O. The number of aliphatic hydroxyl groups excluding tert-OH is 1. The van der Waals surface area contributed by atoms with E-state index in [9.17, 15) is 0 Å². The molecule has 0 spiro atoms. The van der Waals surface area contributed by atoms with E-state index in [4.69, 9.17) is 16.7 Å². The third kappa shape index (κ3) is 1.53. The fourth-order valence-corrected chi connectivity index (χ4v) is 1.48. The van der Waals surface area contributed by atoms with E-state index in [1.54, 1.807) is 12.4 Å². The first-order valence-corrected chi connectivity index (χ1v) is 4.40. The number of aromatic nitrogens is 2. The van der Waals surface area contributed by atoms with Crippen LogP contribution in [0.15, 0.2) is 24.5 Å². The van der Waals surface area contributed by atoms with Crippen LogP contribution in [0.5, 0.6) is 0 Å². The molecule has 0 saturated heterocycles. The first-order valence-electron chi connectivity index (χ1n) is 4.02. The topological polar surface area (TPSA) is 38.0 Å². The minimum Gasteiger partial charge on any atom is -0.395 e. The third-order valence-electron chi connectivity index (χ3n) is 1.92. The maximum atomic E-state index is 8.79. The predicted molar refractivity (Wildman–Crippen MR) is 51.8 cm³/mol. The highest BCUT2D eigenvalue weighted by Gasteiger charge is 2.01. The Morgan fingerprint density at radius 3 is 3.08 bits per heavy atom. The molecule has 1 N–H and O–H groups in total. The molecule has 1 aromatic carbocycles. The van der Waals surface area contributed by atoms with Crippen molar-refractivity contribution in [3.8, 4) is 0 Å². The maximum Gasteiger partial charge on any atom is 0.0959 e. The monoisotopic (exact) mass is 196 g/mol. The Bertz CT molecular complexity index is 424. The van der Waals surface area contributed by atoms with E-state index in [2.05, 4.69) is 4.98 Å². The van der Waals surface area contributed by atoms with E-state index in [-0.39, 0.29) is 6.61 Å². The van der Waals surface area contributed by atoms with Crippen molar-refractivity contribution in [2.75, 3.05) is 6.61 Å². The lowest BCUT2D eigenvalue weighted by Crippen LogP contribution is -1.99.